The monoisotopic (exact) mass is 541 g/mol. The number of halogens is 2. The minimum absolute atomic E-state index is 0.299. The van der Waals surface area contributed by atoms with Crippen LogP contribution >= 0.6 is 34.5 Å². The molecule has 0 bridgehead atoms. The smallest absolute Gasteiger partial charge is 0.335 e. The largest absolute Gasteiger partial charge is 0.478 e. The van der Waals surface area contributed by atoms with Crippen molar-refractivity contribution >= 4 is 55.9 Å². The summed E-state index contributed by atoms with van der Waals surface area (Å²) in [5, 5.41) is 15.8. The standard InChI is InChI=1S/C27H25Cl2N3O3S/c28-19-2-1-3-20(29)23(19)24-18(25(35-31-24)16-5-6-16)8-4-15-10-12-32(13-11-15)27-30-21-9-7-17(26(33)34)14-22(21)36-27/h1-3,7,9,14-16H,4-6,8,10-13H2,(H,33,34). The molecular formula is C27H25Cl2N3O3S. The summed E-state index contributed by atoms with van der Waals surface area (Å²) in [7, 11) is 0. The minimum atomic E-state index is -0.912. The molecule has 1 saturated heterocycles. The molecule has 2 aromatic heterocycles. The summed E-state index contributed by atoms with van der Waals surface area (Å²) in [6.45, 7) is 1.89. The SMILES string of the molecule is O=C(O)c1ccc2nc(N3CCC(CCc4c(-c5c(Cl)cccc5Cl)noc4C4CC4)CC3)sc2c1. The van der Waals surface area contributed by atoms with Crippen molar-refractivity contribution in [3.63, 3.8) is 0 Å². The number of aromatic carboxylic acids is 1. The normalized spacial score (nSPS) is 16.7. The lowest BCUT2D eigenvalue weighted by Gasteiger charge is -2.31. The molecular weight excluding hydrogens is 517 g/mol. The first-order valence-electron chi connectivity index (χ1n) is 12.3. The van der Waals surface area contributed by atoms with Crippen molar-refractivity contribution in [2.24, 2.45) is 5.92 Å². The van der Waals surface area contributed by atoms with Crippen molar-refractivity contribution in [1.29, 1.82) is 0 Å². The Hall–Kier alpha value is -2.61. The van der Waals surface area contributed by atoms with Crippen LogP contribution in [0.1, 0.15) is 59.7 Å². The Morgan fingerprint density at radius 1 is 1.11 bits per heavy atom. The van der Waals surface area contributed by atoms with Gasteiger partial charge >= 0.3 is 5.97 Å². The Kier molecular flexibility index (Phi) is 6.40. The van der Waals surface area contributed by atoms with Gasteiger partial charge in [0.2, 0.25) is 0 Å². The Labute approximate surface area is 222 Å². The first-order valence-corrected chi connectivity index (χ1v) is 13.9. The summed E-state index contributed by atoms with van der Waals surface area (Å²) in [6.07, 6.45) is 6.42. The van der Waals surface area contributed by atoms with Crippen LogP contribution < -0.4 is 4.90 Å². The second-order valence-corrected chi connectivity index (χ2v) is 11.5. The van der Waals surface area contributed by atoms with Crippen LogP contribution in [0.25, 0.3) is 21.5 Å². The number of hydrogen-bond donors (Lipinski definition) is 1. The molecule has 2 fully saturated rings. The topological polar surface area (TPSA) is 79.5 Å². The van der Waals surface area contributed by atoms with E-state index in [1.807, 2.05) is 18.2 Å². The minimum Gasteiger partial charge on any atom is -0.478 e. The Bertz CT molecular complexity index is 1420. The zero-order chi connectivity index (χ0) is 24.8. The van der Waals surface area contributed by atoms with Crippen LogP contribution in [0.5, 0.6) is 0 Å². The third kappa shape index (κ3) is 4.60. The van der Waals surface area contributed by atoms with Gasteiger partial charge in [0.1, 0.15) is 11.5 Å². The van der Waals surface area contributed by atoms with Crippen molar-refractivity contribution in [2.75, 3.05) is 18.0 Å². The van der Waals surface area contributed by atoms with E-state index in [9.17, 15) is 9.90 Å². The predicted molar refractivity (Wildman–Crippen MR) is 144 cm³/mol. The molecule has 36 heavy (non-hydrogen) atoms. The maximum Gasteiger partial charge on any atom is 0.335 e. The fraction of sp³-hybridized carbons (Fsp3) is 0.370. The van der Waals surface area contributed by atoms with E-state index in [2.05, 4.69) is 10.1 Å². The quantitative estimate of drug-likeness (QED) is 0.258. The highest BCUT2D eigenvalue weighted by Gasteiger charge is 2.33. The Balaban J connectivity index is 1.14. The molecule has 3 heterocycles. The number of benzene rings is 2. The summed E-state index contributed by atoms with van der Waals surface area (Å²) in [6, 6.07) is 10.7. The molecule has 0 unspecified atom stereocenters. The van der Waals surface area contributed by atoms with Crippen LogP contribution in [-0.2, 0) is 6.42 Å². The lowest BCUT2D eigenvalue weighted by molar-refractivity contribution is 0.0697. The van der Waals surface area contributed by atoms with Crippen LogP contribution in [0.4, 0.5) is 5.13 Å². The average Bonchev–Trinajstić information content (AvgIpc) is 3.49. The number of piperidine rings is 1. The molecule has 9 heteroatoms. The molecule has 1 N–H and O–H groups in total. The molecule has 6 rings (SSSR count). The summed E-state index contributed by atoms with van der Waals surface area (Å²) in [4.78, 5) is 18.4. The molecule has 0 spiro atoms. The lowest BCUT2D eigenvalue weighted by atomic mass is 9.89. The van der Waals surface area contributed by atoms with E-state index < -0.39 is 5.97 Å². The van der Waals surface area contributed by atoms with Gasteiger partial charge in [0.05, 0.1) is 25.8 Å². The number of nitrogens with zero attached hydrogens (tertiary/aromatic N) is 3. The van der Waals surface area contributed by atoms with E-state index in [0.717, 1.165) is 89.5 Å². The van der Waals surface area contributed by atoms with Gasteiger partial charge in [0.15, 0.2) is 5.13 Å². The number of carboxylic acids is 1. The number of aromatic nitrogens is 2. The second-order valence-electron chi connectivity index (χ2n) is 9.70. The third-order valence-electron chi connectivity index (χ3n) is 7.28. The summed E-state index contributed by atoms with van der Waals surface area (Å²) in [5.41, 5.74) is 3.87. The van der Waals surface area contributed by atoms with Gasteiger partial charge in [0, 0.05) is 30.1 Å². The first kappa shape index (κ1) is 23.8. The van der Waals surface area contributed by atoms with E-state index in [1.165, 1.54) is 0 Å². The van der Waals surface area contributed by atoms with Crippen LogP contribution in [-0.4, -0.2) is 34.3 Å². The second kappa shape index (κ2) is 9.69. The number of carbonyl (C=O) groups is 1. The average molecular weight is 542 g/mol. The van der Waals surface area contributed by atoms with Gasteiger partial charge in [-0.25, -0.2) is 9.78 Å². The number of carboxylic acid groups (broad SMARTS) is 1. The van der Waals surface area contributed by atoms with Crippen LogP contribution in [0, 0.1) is 5.92 Å². The van der Waals surface area contributed by atoms with E-state index in [1.54, 1.807) is 29.5 Å². The third-order valence-corrected chi connectivity index (χ3v) is 8.99. The molecule has 0 amide bonds. The summed E-state index contributed by atoms with van der Waals surface area (Å²) in [5.74, 6) is 1.16. The van der Waals surface area contributed by atoms with Crippen LogP contribution in [0.2, 0.25) is 10.0 Å². The predicted octanol–water partition coefficient (Wildman–Crippen LogP) is 7.68. The molecule has 0 atom stereocenters. The van der Waals surface area contributed by atoms with Gasteiger partial charge in [-0.2, -0.15) is 0 Å². The number of rotatable bonds is 7. The molecule has 2 aliphatic rings. The van der Waals surface area contributed by atoms with E-state index in [4.69, 9.17) is 32.7 Å². The molecule has 1 aliphatic carbocycles. The Morgan fingerprint density at radius 3 is 2.56 bits per heavy atom. The molecule has 0 radical (unpaired) electrons. The number of fused-ring (bicyclic) bond motifs is 1. The number of hydrogen-bond acceptors (Lipinski definition) is 6. The van der Waals surface area contributed by atoms with E-state index in [-0.39, 0.29) is 0 Å². The van der Waals surface area contributed by atoms with Crippen LogP contribution in [0.15, 0.2) is 40.9 Å². The van der Waals surface area contributed by atoms with E-state index in [0.29, 0.717) is 27.4 Å². The maximum atomic E-state index is 11.3. The van der Waals surface area contributed by atoms with Gasteiger partial charge in [-0.3, -0.25) is 0 Å². The van der Waals surface area contributed by atoms with Crippen molar-refractivity contribution in [3.8, 4) is 11.3 Å². The van der Waals surface area contributed by atoms with Crippen molar-refractivity contribution in [2.45, 2.75) is 44.4 Å². The zero-order valence-electron chi connectivity index (χ0n) is 19.5. The molecule has 6 nitrogen and oxygen atoms in total. The van der Waals surface area contributed by atoms with Gasteiger partial charge in [0.25, 0.3) is 0 Å². The van der Waals surface area contributed by atoms with Crippen LogP contribution in [0.3, 0.4) is 0 Å². The lowest BCUT2D eigenvalue weighted by Crippen LogP contribution is -2.33. The molecule has 4 aromatic rings. The fourth-order valence-electron chi connectivity index (χ4n) is 5.09. The number of thiazole rings is 1. The first-order chi connectivity index (χ1) is 17.5. The summed E-state index contributed by atoms with van der Waals surface area (Å²) < 4.78 is 6.75. The van der Waals surface area contributed by atoms with Gasteiger partial charge in [-0.05, 0) is 74.8 Å². The van der Waals surface area contributed by atoms with Crippen molar-refractivity contribution in [3.05, 3.63) is 63.3 Å². The van der Waals surface area contributed by atoms with Gasteiger partial charge in [-0.15, -0.1) is 0 Å². The zero-order valence-corrected chi connectivity index (χ0v) is 21.9. The highest BCUT2D eigenvalue weighted by molar-refractivity contribution is 7.22. The highest BCUT2D eigenvalue weighted by Crippen LogP contribution is 2.46. The van der Waals surface area contributed by atoms with Crippen molar-refractivity contribution in [1.82, 2.24) is 10.1 Å². The number of anilines is 1. The van der Waals surface area contributed by atoms with Crippen molar-refractivity contribution < 1.29 is 14.4 Å². The highest BCUT2D eigenvalue weighted by atomic mass is 35.5. The summed E-state index contributed by atoms with van der Waals surface area (Å²) >= 11 is 14.6. The molecule has 1 saturated carbocycles. The van der Waals surface area contributed by atoms with Gasteiger partial charge < -0.3 is 14.5 Å². The molecule has 186 valence electrons. The Morgan fingerprint density at radius 2 is 1.86 bits per heavy atom. The molecule has 2 aromatic carbocycles. The van der Waals surface area contributed by atoms with E-state index >= 15 is 0 Å². The molecule has 1 aliphatic heterocycles. The maximum absolute atomic E-state index is 11.3. The fourth-order valence-corrected chi connectivity index (χ4v) is 6.73. The van der Waals surface area contributed by atoms with Gasteiger partial charge in [-0.1, -0.05) is 45.8 Å².